The molecule has 2 N–H and O–H groups in total. The quantitative estimate of drug-likeness (QED) is 0.258. The first-order chi connectivity index (χ1) is 11.4. The maximum absolute atomic E-state index is 5.75. The Morgan fingerprint density at radius 2 is 2.12 bits per heavy atom. The lowest BCUT2D eigenvalue weighted by Crippen LogP contribution is -2.39. The van der Waals surface area contributed by atoms with Gasteiger partial charge >= 0.3 is 0 Å². The number of nitrogens with zero attached hydrogens (tertiary/aromatic N) is 3. The number of halogens is 1. The average molecular weight is 451 g/mol. The Bertz CT molecular complexity index is 436. The minimum Gasteiger partial charge on any atom is -0.381 e. The zero-order valence-corrected chi connectivity index (χ0v) is 16.8. The third-order valence-electron chi connectivity index (χ3n) is 3.90. The summed E-state index contributed by atoms with van der Waals surface area (Å²) in [5.41, 5.74) is 0. The van der Waals surface area contributed by atoms with Crippen molar-refractivity contribution in [2.75, 3.05) is 46.6 Å². The molecular formula is C16H30IN5O2. The van der Waals surface area contributed by atoms with E-state index in [1.54, 1.807) is 13.2 Å². The molecule has 1 aromatic rings. The SMILES string of the molecule is CN=C(NCCCOCC1CCOCC1)NCCn1ccnc1.I. The monoisotopic (exact) mass is 451 g/mol. The van der Waals surface area contributed by atoms with E-state index in [1.165, 1.54) is 0 Å². The molecule has 0 saturated carbocycles. The van der Waals surface area contributed by atoms with Crippen molar-refractivity contribution in [2.45, 2.75) is 25.8 Å². The number of rotatable bonds is 9. The van der Waals surface area contributed by atoms with Crippen LogP contribution in [0.25, 0.3) is 0 Å². The van der Waals surface area contributed by atoms with E-state index >= 15 is 0 Å². The zero-order chi connectivity index (χ0) is 16.2. The second-order valence-corrected chi connectivity index (χ2v) is 5.71. The molecule has 0 unspecified atom stereocenters. The lowest BCUT2D eigenvalue weighted by atomic mass is 10.0. The topological polar surface area (TPSA) is 72.7 Å². The van der Waals surface area contributed by atoms with Crippen molar-refractivity contribution in [3.05, 3.63) is 18.7 Å². The zero-order valence-electron chi connectivity index (χ0n) is 14.4. The highest BCUT2D eigenvalue weighted by atomic mass is 127. The molecule has 8 heteroatoms. The Morgan fingerprint density at radius 3 is 2.83 bits per heavy atom. The van der Waals surface area contributed by atoms with Gasteiger partial charge in [0, 0.05) is 65.5 Å². The molecule has 0 amide bonds. The van der Waals surface area contributed by atoms with E-state index in [-0.39, 0.29) is 24.0 Å². The van der Waals surface area contributed by atoms with Gasteiger partial charge in [0.05, 0.1) is 6.33 Å². The van der Waals surface area contributed by atoms with Gasteiger partial charge in [-0.05, 0) is 25.2 Å². The Kier molecular flexibility index (Phi) is 11.8. The summed E-state index contributed by atoms with van der Waals surface area (Å²) in [6.45, 7) is 5.97. The molecule has 24 heavy (non-hydrogen) atoms. The van der Waals surface area contributed by atoms with Gasteiger partial charge in [-0.15, -0.1) is 24.0 Å². The minimum atomic E-state index is 0. The van der Waals surface area contributed by atoms with Crippen molar-refractivity contribution in [1.29, 1.82) is 0 Å². The van der Waals surface area contributed by atoms with Crippen LogP contribution >= 0.6 is 24.0 Å². The predicted molar refractivity (Wildman–Crippen MR) is 106 cm³/mol. The van der Waals surface area contributed by atoms with Gasteiger partial charge in [0.15, 0.2) is 5.96 Å². The summed E-state index contributed by atoms with van der Waals surface area (Å²) >= 11 is 0. The van der Waals surface area contributed by atoms with E-state index in [0.717, 1.165) is 71.3 Å². The highest BCUT2D eigenvalue weighted by Crippen LogP contribution is 2.14. The molecule has 0 atom stereocenters. The molecule has 1 saturated heterocycles. The van der Waals surface area contributed by atoms with Crippen molar-refractivity contribution in [2.24, 2.45) is 10.9 Å². The van der Waals surface area contributed by atoms with Crippen molar-refractivity contribution in [3.8, 4) is 0 Å². The first-order valence-corrected chi connectivity index (χ1v) is 8.44. The number of hydrogen-bond donors (Lipinski definition) is 2. The smallest absolute Gasteiger partial charge is 0.191 e. The summed E-state index contributed by atoms with van der Waals surface area (Å²) < 4.78 is 13.1. The third kappa shape index (κ3) is 8.84. The van der Waals surface area contributed by atoms with Crippen molar-refractivity contribution in [1.82, 2.24) is 20.2 Å². The highest BCUT2D eigenvalue weighted by Gasteiger charge is 2.13. The van der Waals surface area contributed by atoms with Gasteiger partial charge in [-0.1, -0.05) is 0 Å². The van der Waals surface area contributed by atoms with E-state index in [9.17, 15) is 0 Å². The predicted octanol–water partition coefficient (Wildman–Crippen LogP) is 1.50. The van der Waals surface area contributed by atoms with Gasteiger partial charge < -0.3 is 24.7 Å². The van der Waals surface area contributed by atoms with Crippen LogP contribution in [0.5, 0.6) is 0 Å². The molecule has 0 spiro atoms. The van der Waals surface area contributed by atoms with Crippen LogP contribution in [-0.4, -0.2) is 62.1 Å². The minimum absolute atomic E-state index is 0. The fraction of sp³-hybridized carbons (Fsp3) is 0.750. The van der Waals surface area contributed by atoms with E-state index in [4.69, 9.17) is 9.47 Å². The van der Waals surface area contributed by atoms with Crippen LogP contribution in [0.3, 0.4) is 0 Å². The number of aliphatic imine (C=N–C) groups is 1. The largest absolute Gasteiger partial charge is 0.381 e. The Labute approximate surface area is 161 Å². The lowest BCUT2D eigenvalue weighted by Gasteiger charge is -2.21. The summed E-state index contributed by atoms with van der Waals surface area (Å²) in [7, 11) is 1.79. The molecule has 2 heterocycles. The van der Waals surface area contributed by atoms with Crippen LogP contribution in [-0.2, 0) is 16.0 Å². The summed E-state index contributed by atoms with van der Waals surface area (Å²) in [5.74, 6) is 1.50. The molecule has 0 aromatic carbocycles. The number of nitrogens with one attached hydrogen (secondary N) is 2. The standard InChI is InChI=1S/C16H29N5O2.HI/c1-17-16(20-7-9-21-8-6-18-14-21)19-5-2-10-23-13-15-3-11-22-12-4-15;/h6,8,14-15H,2-5,7,9-13H2,1H3,(H2,17,19,20);1H. The first-order valence-electron chi connectivity index (χ1n) is 8.44. The molecule has 0 bridgehead atoms. The number of hydrogen-bond acceptors (Lipinski definition) is 4. The normalized spacial score (nSPS) is 15.8. The van der Waals surface area contributed by atoms with E-state index in [0.29, 0.717) is 5.92 Å². The second-order valence-electron chi connectivity index (χ2n) is 5.71. The van der Waals surface area contributed by atoms with Gasteiger partial charge in [0.1, 0.15) is 0 Å². The maximum atomic E-state index is 5.75. The van der Waals surface area contributed by atoms with Crippen LogP contribution in [0, 0.1) is 5.92 Å². The summed E-state index contributed by atoms with van der Waals surface area (Å²) in [5, 5.41) is 6.59. The Morgan fingerprint density at radius 1 is 1.33 bits per heavy atom. The van der Waals surface area contributed by atoms with Gasteiger partial charge in [-0.3, -0.25) is 4.99 Å². The van der Waals surface area contributed by atoms with Gasteiger partial charge in [-0.2, -0.15) is 0 Å². The molecule has 1 fully saturated rings. The fourth-order valence-corrected chi connectivity index (χ4v) is 2.49. The van der Waals surface area contributed by atoms with Gasteiger partial charge in [-0.25, -0.2) is 4.98 Å². The summed E-state index contributed by atoms with van der Waals surface area (Å²) in [6, 6.07) is 0. The molecule has 0 aliphatic carbocycles. The number of imidazole rings is 1. The summed E-state index contributed by atoms with van der Waals surface area (Å²) in [6.07, 6.45) is 8.79. The molecule has 7 nitrogen and oxygen atoms in total. The molecule has 138 valence electrons. The van der Waals surface area contributed by atoms with Crippen LogP contribution in [0.4, 0.5) is 0 Å². The molecule has 1 aliphatic heterocycles. The van der Waals surface area contributed by atoms with Crippen molar-refractivity contribution in [3.63, 3.8) is 0 Å². The molecule has 2 rings (SSSR count). The molecule has 1 aliphatic rings. The number of ether oxygens (including phenoxy) is 2. The van der Waals surface area contributed by atoms with E-state index < -0.39 is 0 Å². The number of guanidine groups is 1. The van der Waals surface area contributed by atoms with Crippen LogP contribution in [0.2, 0.25) is 0 Å². The molecule has 1 aromatic heterocycles. The third-order valence-corrected chi connectivity index (χ3v) is 3.90. The fourth-order valence-electron chi connectivity index (χ4n) is 2.49. The molecular weight excluding hydrogens is 421 g/mol. The lowest BCUT2D eigenvalue weighted by molar-refractivity contribution is 0.0203. The number of aromatic nitrogens is 2. The van der Waals surface area contributed by atoms with Gasteiger partial charge in [0.25, 0.3) is 0 Å². The second kappa shape index (κ2) is 13.4. The van der Waals surface area contributed by atoms with Crippen molar-refractivity contribution < 1.29 is 9.47 Å². The van der Waals surface area contributed by atoms with Crippen LogP contribution in [0.1, 0.15) is 19.3 Å². The highest BCUT2D eigenvalue weighted by molar-refractivity contribution is 14.0. The average Bonchev–Trinajstić information content (AvgIpc) is 3.10. The Balaban J connectivity index is 0.00000288. The summed E-state index contributed by atoms with van der Waals surface area (Å²) in [4.78, 5) is 8.23. The van der Waals surface area contributed by atoms with Gasteiger partial charge in [0.2, 0.25) is 0 Å². The van der Waals surface area contributed by atoms with Crippen molar-refractivity contribution >= 4 is 29.9 Å². The molecule has 0 radical (unpaired) electrons. The Hall–Kier alpha value is -0.870. The van der Waals surface area contributed by atoms with Crippen LogP contribution in [0.15, 0.2) is 23.7 Å². The van der Waals surface area contributed by atoms with E-state index in [2.05, 4.69) is 20.6 Å². The maximum Gasteiger partial charge on any atom is 0.191 e. The van der Waals surface area contributed by atoms with E-state index in [1.807, 2.05) is 17.1 Å². The van der Waals surface area contributed by atoms with Crippen LogP contribution < -0.4 is 10.6 Å². The first kappa shape index (κ1) is 21.2.